The zero-order valence-corrected chi connectivity index (χ0v) is 22.2. The molecule has 0 spiro atoms. The third-order valence-corrected chi connectivity index (χ3v) is 7.74. The molecule has 1 aromatic heterocycles. The van der Waals surface area contributed by atoms with E-state index in [-0.39, 0.29) is 34.7 Å². The Hall–Kier alpha value is -4.24. The van der Waals surface area contributed by atoms with Gasteiger partial charge in [-0.05, 0) is 54.8 Å². The fraction of sp³-hybridized carbons (Fsp3) is 0.167. The van der Waals surface area contributed by atoms with E-state index in [0.717, 1.165) is 29.0 Å². The van der Waals surface area contributed by atoms with E-state index in [1.165, 1.54) is 43.4 Å². The van der Waals surface area contributed by atoms with Gasteiger partial charge in [-0.25, -0.2) is 17.2 Å². The van der Waals surface area contributed by atoms with Crippen molar-refractivity contribution in [1.29, 1.82) is 0 Å². The molecule has 6 nitrogen and oxygen atoms in total. The number of rotatable bonds is 7. The Labute approximate surface area is 225 Å². The number of benzene rings is 3. The molecule has 200 valence electrons. The Balaban J connectivity index is 1.80. The molecule has 0 saturated carbocycles. The lowest BCUT2D eigenvalue weighted by molar-refractivity contribution is 0.0964. The molecule has 1 amide bonds. The second kappa shape index (κ2) is 10.5. The Bertz CT molecular complexity index is 1740. The van der Waals surface area contributed by atoms with Crippen LogP contribution in [0, 0.1) is 11.6 Å². The lowest BCUT2D eigenvalue weighted by Crippen LogP contribution is -2.30. The van der Waals surface area contributed by atoms with E-state index < -0.39 is 27.6 Å². The Morgan fingerprint density at radius 2 is 1.79 bits per heavy atom. The van der Waals surface area contributed by atoms with Crippen LogP contribution in [0.25, 0.3) is 27.9 Å². The molecule has 0 aliphatic heterocycles. The van der Waals surface area contributed by atoms with Crippen molar-refractivity contribution in [3.05, 3.63) is 107 Å². The molecular formula is C30H26F2N2O4S. The first-order valence-corrected chi connectivity index (χ1v) is 14.2. The third-order valence-electron chi connectivity index (χ3n) is 6.61. The van der Waals surface area contributed by atoms with Crippen LogP contribution in [0.5, 0.6) is 0 Å². The molecule has 0 unspecified atom stereocenters. The maximum atomic E-state index is 14.6. The van der Waals surface area contributed by atoms with Gasteiger partial charge >= 0.3 is 0 Å². The van der Waals surface area contributed by atoms with E-state index in [1.54, 1.807) is 24.3 Å². The zero-order valence-electron chi connectivity index (χ0n) is 21.4. The lowest BCUT2D eigenvalue weighted by Gasteiger charge is -2.26. The van der Waals surface area contributed by atoms with Gasteiger partial charge in [0, 0.05) is 35.2 Å². The fourth-order valence-electron chi connectivity index (χ4n) is 4.70. The first-order valence-electron chi connectivity index (χ1n) is 12.3. The highest BCUT2D eigenvalue weighted by Crippen LogP contribution is 2.41. The highest BCUT2D eigenvalue weighted by atomic mass is 32.2. The van der Waals surface area contributed by atoms with E-state index in [1.807, 2.05) is 18.2 Å². The van der Waals surface area contributed by atoms with E-state index in [2.05, 4.69) is 5.32 Å². The molecule has 1 heterocycles. The topological polar surface area (TPSA) is 79.6 Å². The molecule has 1 N–H and O–H groups in total. The largest absolute Gasteiger partial charge is 0.455 e. The number of carbonyl (C=O) groups excluding carboxylic acids is 1. The van der Waals surface area contributed by atoms with Crippen LogP contribution in [0.1, 0.15) is 34.3 Å². The molecule has 0 bridgehead atoms. The predicted molar refractivity (Wildman–Crippen MR) is 149 cm³/mol. The number of furan rings is 1. The van der Waals surface area contributed by atoms with Crippen LogP contribution in [-0.2, 0) is 16.6 Å². The summed E-state index contributed by atoms with van der Waals surface area (Å²) < 4.78 is 61.8. The Morgan fingerprint density at radius 3 is 2.44 bits per heavy atom. The van der Waals surface area contributed by atoms with Gasteiger partial charge in [0.05, 0.1) is 24.1 Å². The molecule has 5 rings (SSSR count). The first kappa shape index (κ1) is 26.4. The summed E-state index contributed by atoms with van der Waals surface area (Å²) in [7, 11) is -2.39. The normalized spacial score (nSPS) is 13.4. The Kier molecular flexibility index (Phi) is 7.10. The van der Waals surface area contributed by atoms with Crippen LogP contribution >= 0.6 is 0 Å². The van der Waals surface area contributed by atoms with Gasteiger partial charge in [0.2, 0.25) is 10.0 Å². The summed E-state index contributed by atoms with van der Waals surface area (Å²) >= 11 is 0. The van der Waals surface area contributed by atoms with Crippen molar-refractivity contribution in [2.45, 2.75) is 19.4 Å². The average Bonchev–Trinajstić information content (AvgIpc) is 3.30. The molecule has 4 aromatic rings. The maximum Gasteiger partial charge on any atom is 0.255 e. The van der Waals surface area contributed by atoms with Crippen LogP contribution in [0.15, 0.2) is 83.3 Å². The zero-order chi connectivity index (χ0) is 27.7. The second-order valence-electron chi connectivity index (χ2n) is 9.26. The number of nitrogens with one attached hydrogen (secondary N) is 1. The van der Waals surface area contributed by atoms with Crippen LogP contribution < -0.4 is 9.62 Å². The molecule has 0 radical (unpaired) electrons. The number of amides is 1. The first-order chi connectivity index (χ1) is 18.7. The van der Waals surface area contributed by atoms with Crippen molar-refractivity contribution < 1.29 is 26.4 Å². The van der Waals surface area contributed by atoms with Crippen molar-refractivity contribution in [2.24, 2.45) is 0 Å². The average molecular weight is 549 g/mol. The molecule has 39 heavy (non-hydrogen) atoms. The maximum absolute atomic E-state index is 14.6. The van der Waals surface area contributed by atoms with Crippen molar-refractivity contribution >= 4 is 38.2 Å². The quantitative estimate of drug-likeness (QED) is 0.288. The van der Waals surface area contributed by atoms with Crippen molar-refractivity contribution in [3.63, 3.8) is 0 Å². The van der Waals surface area contributed by atoms with Crippen molar-refractivity contribution in [1.82, 2.24) is 5.32 Å². The summed E-state index contributed by atoms with van der Waals surface area (Å²) in [5, 5.41) is 3.10. The number of sulfonamides is 1. The monoisotopic (exact) mass is 548 g/mol. The minimum atomic E-state index is -3.89. The number of hydrogen-bond acceptors (Lipinski definition) is 4. The number of allylic oxidation sites excluding steroid dienone is 4. The van der Waals surface area contributed by atoms with Crippen molar-refractivity contribution in [2.75, 3.05) is 17.6 Å². The standard InChI is InChI=1S/C30H26F2N2O4S/c1-33-30(35)28-24-16-23(19-8-4-3-5-9-19)26(17-27(24)38-29(28)20-12-14-22(31)15-13-20)34(39(2,36)37)18-21-10-6-7-11-25(21)32/h4,6-17H,3,5,18H2,1-2H3,(H,33,35). The van der Waals surface area contributed by atoms with E-state index >= 15 is 0 Å². The predicted octanol–water partition coefficient (Wildman–Crippen LogP) is 6.44. The molecule has 1 aliphatic rings. The minimum Gasteiger partial charge on any atom is -0.455 e. The van der Waals surface area contributed by atoms with Gasteiger partial charge in [-0.3, -0.25) is 9.10 Å². The highest BCUT2D eigenvalue weighted by Gasteiger charge is 2.28. The minimum absolute atomic E-state index is 0.208. The number of hydrogen-bond donors (Lipinski definition) is 1. The highest BCUT2D eigenvalue weighted by molar-refractivity contribution is 7.92. The number of anilines is 1. The van der Waals surface area contributed by atoms with Crippen LogP contribution in [-0.4, -0.2) is 27.6 Å². The summed E-state index contributed by atoms with van der Waals surface area (Å²) in [5.74, 6) is -1.15. The summed E-state index contributed by atoms with van der Waals surface area (Å²) in [5.41, 5.74) is 2.80. The smallest absolute Gasteiger partial charge is 0.255 e. The number of halogens is 2. The molecular weight excluding hydrogens is 522 g/mol. The van der Waals surface area contributed by atoms with Crippen LogP contribution in [0.2, 0.25) is 0 Å². The van der Waals surface area contributed by atoms with Gasteiger partial charge in [0.15, 0.2) is 0 Å². The van der Waals surface area contributed by atoms with E-state index in [4.69, 9.17) is 4.42 Å². The van der Waals surface area contributed by atoms with Gasteiger partial charge < -0.3 is 9.73 Å². The second-order valence-corrected chi connectivity index (χ2v) is 11.2. The molecule has 3 aromatic carbocycles. The summed E-state index contributed by atoms with van der Waals surface area (Å²) in [6.45, 7) is -0.241. The number of fused-ring (bicyclic) bond motifs is 1. The fourth-order valence-corrected chi connectivity index (χ4v) is 5.58. The van der Waals surface area contributed by atoms with Gasteiger partial charge in [0.1, 0.15) is 23.0 Å². The molecule has 9 heteroatoms. The van der Waals surface area contributed by atoms with Crippen LogP contribution in [0.4, 0.5) is 14.5 Å². The third kappa shape index (κ3) is 5.22. The van der Waals surface area contributed by atoms with E-state index in [0.29, 0.717) is 16.5 Å². The Morgan fingerprint density at radius 1 is 1.05 bits per heavy atom. The summed E-state index contributed by atoms with van der Waals surface area (Å²) in [6, 6.07) is 14.9. The van der Waals surface area contributed by atoms with Gasteiger partial charge in [0.25, 0.3) is 5.91 Å². The molecule has 0 saturated heterocycles. The number of carbonyl (C=O) groups is 1. The molecule has 0 atom stereocenters. The number of nitrogens with zero attached hydrogens (tertiary/aromatic N) is 1. The van der Waals surface area contributed by atoms with Gasteiger partial charge in [-0.1, -0.05) is 36.4 Å². The summed E-state index contributed by atoms with van der Waals surface area (Å²) in [6.07, 6.45) is 8.55. The van der Waals surface area contributed by atoms with Crippen LogP contribution in [0.3, 0.4) is 0 Å². The molecule has 0 fully saturated rings. The SMILES string of the molecule is CNC(=O)c1c(-c2ccc(F)cc2)oc2cc(N(Cc3ccccc3F)S(C)(=O)=O)c(C3=CCCC=C3)cc12. The van der Waals surface area contributed by atoms with E-state index in [9.17, 15) is 22.0 Å². The van der Waals surface area contributed by atoms with Gasteiger partial charge in [-0.2, -0.15) is 0 Å². The van der Waals surface area contributed by atoms with Gasteiger partial charge in [-0.15, -0.1) is 0 Å². The molecule has 1 aliphatic carbocycles. The summed E-state index contributed by atoms with van der Waals surface area (Å²) in [4.78, 5) is 13.1. The van der Waals surface area contributed by atoms with Crippen molar-refractivity contribution in [3.8, 4) is 11.3 Å². The lowest BCUT2D eigenvalue weighted by atomic mass is 9.95.